The zero-order valence-corrected chi connectivity index (χ0v) is 17.8. The van der Waals surface area contributed by atoms with Gasteiger partial charge in [0, 0.05) is 31.6 Å². The Kier molecular flexibility index (Phi) is 5.35. The Balaban J connectivity index is 1.71. The molecular formula is C23H26N6O. The molecule has 4 aromatic rings. The summed E-state index contributed by atoms with van der Waals surface area (Å²) in [6.07, 6.45) is 0.785. The lowest BCUT2D eigenvalue weighted by molar-refractivity contribution is 0.169. The van der Waals surface area contributed by atoms with Crippen molar-refractivity contribution in [3.8, 4) is 0 Å². The summed E-state index contributed by atoms with van der Waals surface area (Å²) in [6.45, 7) is 5.23. The van der Waals surface area contributed by atoms with E-state index in [-0.39, 0.29) is 6.03 Å². The molecule has 2 heterocycles. The largest absolute Gasteiger partial charge is 0.331 e. The van der Waals surface area contributed by atoms with Crippen LogP contribution < -0.4 is 0 Å². The highest BCUT2D eigenvalue weighted by molar-refractivity contribution is 5.85. The third kappa shape index (κ3) is 3.83. The van der Waals surface area contributed by atoms with E-state index in [1.165, 1.54) is 16.7 Å². The van der Waals surface area contributed by atoms with Crippen molar-refractivity contribution in [3.63, 3.8) is 0 Å². The third-order valence-electron chi connectivity index (χ3n) is 5.49. The number of tetrazole rings is 1. The number of pyridine rings is 1. The van der Waals surface area contributed by atoms with Crippen molar-refractivity contribution >= 4 is 22.6 Å². The number of amides is 2. The van der Waals surface area contributed by atoms with Crippen LogP contribution in [-0.4, -0.2) is 56.5 Å². The van der Waals surface area contributed by atoms with Crippen LogP contribution in [0.3, 0.4) is 0 Å². The molecule has 0 bridgehead atoms. The first-order valence-corrected chi connectivity index (χ1v) is 10.0. The lowest BCUT2D eigenvalue weighted by atomic mass is 10.0. The number of rotatable bonds is 5. The molecule has 0 saturated heterocycles. The average Bonchev–Trinajstić information content (AvgIpc) is 3.23. The van der Waals surface area contributed by atoms with E-state index in [4.69, 9.17) is 0 Å². The maximum absolute atomic E-state index is 12.9. The minimum atomic E-state index is -0.0308. The van der Waals surface area contributed by atoms with E-state index in [1.807, 2.05) is 23.1 Å². The fourth-order valence-corrected chi connectivity index (χ4v) is 3.68. The van der Waals surface area contributed by atoms with E-state index in [9.17, 15) is 4.79 Å². The summed E-state index contributed by atoms with van der Waals surface area (Å²) in [7, 11) is 3.55. The minimum absolute atomic E-state index is 0.0308. The smallest absolute Gasteiger partial charge is 0.319 e. The lowest BCUT2D eigenvalue weighted by Gasteiger charge is -2.26. The van der Waals surface area contributed by atoms with Crippen molar-refractivity contribution in [2.45, 2.75) is 26.8 Å². The molecule has 0 aliphatic rings. The molecule has 0 unspecified atom stereocenters. The van der Waals surface area contributed by atoms with Gasteiger partial charge in [-0.15, -0.1) is 5.10 Å². The fourth-order valence-electron chi connectivity index (χ4n) is 3.68. The van der Waals surface area contributed by atoms with Gasteiger partial charge in [0.1, 0.15) is 0 Å². The topological polar surface area (TPSA) is 66.6 Å². The number of benzene rings is 2. The van der Waals surface area contributed by atoms with Crippen LogP contribution in [0.2, 0.25) is 0 Å². The molecule has 0 saturated carbocycles. The van der Waals surface area contributed by atoms with Gasteiger partial charge < -0.3 is 9.80 Å². The molecule has 0 aliphatic carbocycles. The molecule has 154 valence electrons. The van der Waals surface area contributed by atoms with E-state index in [0.717, 1.165) is 22.9 Å². The van der Waals surface area contributed by atoms with E-state index < -0.39 is 0 Å². The molecule has 0 spiro atoms. The van der Waals surface area contributed by atoms with Gasteiger partial charge in [-0.3, -0.25) is 0 Å². The highest BCUT2D eigenvalue weighted by Gasteiger charge is 2.19. The van der Waals surface area contributed by atoms with Gasteiger partial charge in [0.25, 0.3) is 0 Å². The van der Waals surface area contributed by atoms with Gasteiger partial charge in [0.15, 0.2) is 5.65 Å². The molecule has 30 heavy (non-hydrogen) atoms. The van der Waals surface area contributed by atoms with E-state index in [2.05, 4.69) is 59.7 Å². The van der Waals surface area contributed by atoms with Crippen LogP contribution in [0, 0.1) is 13.8 Å². The van der Waals surface area contributed by atoms with Gasteiger partial charge in [-0.05, 0) is 65.6 Å². The summed E-state index contributed by atoms with van der Waals surface area (Å²) in [5.74, 6) is 0. The summed E-state index contributed by atoms with van der Waals surface area (Å²) in [6, 6.07) is 16.5. The number of carbonyl (C=O) groups is 1. The van der Waals surface area contributed by atoms with E-state index >= 15 is 0 Å². The number of aromatic nitrogens is 4. The maximum atomic E-state index is 12.9. The molecule has 0 radical (unpaired) electrons. The SMILES string of the molecule is Cc1cc2cc(CN(CCc3ccccc3)C(=O)N(C)C)c3nnnn3c2cc1C. The van der Waals surface area contributed by atoms with Crippen LogP contribution in [0.4, 0.5) is 4.79 Å². The summed E-state index contributed by atoms with van der Waals surface area (Å²) >= 11 is 0. The molecular weight excluding hydrogens is 376 g/mol. The molecule has 0 aliphatic heterocycles. The van der Waals surface area contributed by atoms with Crippen molar-refractivity contribution < 1.29 is 4.79 Å². The van der Waals surface area contributed by atoms with Crippen LogP contribution >= 0.6 is 0 Å². The zero-order chi connectivity index (χ0) is 21.3. The zero-order valence-electron chi connectivity index (χ0n) is 17.8. The van der Waals surface area contributed by atoms with Gasteiger partial charge in [-0.25, -0.2) is 4.79 Å². The molecule has 0 N–H and O–H groups in total. The number of hydrogen-bond acceptors (Lipinski definition) is 4. The second-order valence-electron chi connectivity index (χ2n) is 7.91. The predicted octanol–water partition coefficient (Wildman–Crippen LogP) is 3.62. The molecule has 2 aromatic heterocycles. The van der Waals surface area contributed by atoms with Crippen LogP contribution in [-0.2, 0) is 13.0 Å². The van der Waals surface area contributed by atoms with Crippen LogP contribution in [0.5, 0.6) is 0 Å². The Labute approximate surface area is 175 Å². The third-order valence-corrected chi connectivity index (χ3v) is 5.49. The summed E-state index contributed by atoms with van der Waals surface area (Å²) < 4.78 is 1.77. The molecule has 2 amide bonds. The summed E-state index contributed by atoms with van der Waals surface area (Å²) in [5.41, 5.74) is 6.19. The van der Waals surface area contributed by atoms with Crippen LogP contribution in [0.15, 0.2) is 48.5 Å². The van der Waals surface area contributed by atoms with Gasteiger partial charge >= 0.3 is 6.03 Å². The average molecular weight is 403 g/mol. The quantitative estimate of drug-likeness (QED) is 0.511. The normalized spacial score (nSPS) is 11.2. The summed E-state index contributed by atoms with van der Waals surface area (Å²) in [5, 5.41) is 13.4. The number of nitrogens with zero attached hydrogens (tertiary/aromatic N) is 6. The second-order valence-corrected chi connectivity index (χ2v) is 7.91. The Morgan fingerprint density at radius 3 is 2.50 bits per heavy atom. The number of hydrogen-bond donors (Lipinski definition) is 0. The predicted molar refractivity (Wildman–Crippen MR) is 117 cm³/mol. The van der Waals surface area contributed by atoms with Crippen molar-refractivity contribution in [2.24, 2.45) is 0 Å². The van der Waals surface area contributed by atoms with Gasteiger partial charge in [0.05, 0.1) is 12.1 Å². The Morgan fingerprint density at radius 1 is 1.03 bits per heavy atom. The highest BCUT2D eigenvalue weighted by atomic mass is 16.2. The first-order valence-electron chi connectivity index (χ1n) is 10.0. The van der Waals surface area contributed by atoms with Crippen molar-refractivity contribution in [1.82, 2.24) is 29.8 Å². The number of aryl methyl sites for hydroxylation is 2. The van der Waals surface area contributed by atoms with Crippen molar-refractivity contribution in [3.05, 3.63) is 70.8 Å². The molecule has 0 atom stereocenters. The first-order chi connectivity index (χ1) is 14.4. The van der Waals surface area contributed by atoms with Crippen LogP contribution in [0.1, 0.15) is 22.3 Å². The summed E-state index contributed by atoms with van der Waals surface area (Å²) in [4.78, 5) is 16.4. The van der Waals surface area contributed by atoms with Crippen molar-refractivity contribution in [1.29, 1.82) is 0 Å². The number of fused-ring (bicyclic) bond motifs is 3. The molecule has 7 nitrogen and oxygen atoms in total. The molecule has 2 aromatic carbocycles. The van der Waals surface area contributed by atoms with Gasteiger partial charge in [0.2, 0.25) is 0 Å². The maximum Gasteiger partial charge on any atom is 0.319 e. The minimum Gasteiger partial charge on any atom is -0.331 e. The van der Waals surface area contributed by atoms with E-state index in [0.29, 0.717) is 18.7 Å². The Morgan fingerprint density at radius 2 is 1.77 bits per heavy atom. The van der Waals surface area contributed by atoms with Crippen LogP contribution in [0.25, 0.3) is 16.6 Å². The second kappa shape index (κ2) is 8.10. The number of urea groups is 1. The number of carbonyl (C=O) groups excluding carboxylic acids is 1. The standard InChI is InChI=1S/C23H26N6O/c1-16-12-19-14-20(22-24-25-26-29(22)21(19)13-17(16)2)15-28(23(30)27(3)4)11-10-18-8-6-5-7-9-18/h5-9,12-14H,10-11,15H2,1-4H3. The Bertz CT molecular complexity index is 1200. The molecule has 0 fully saturated rings. The van der Waals surface area contributed by atoms with Gasteiger partial charge in [-0.1, -0.05) is 30.3 Å². The van der Waals surface area contributed by atoms with E-state index in [1.54, 1.807) is 23.5 Å². The molecule has 4 rings (SSSR count). The van der Waals surface area contributed by atoms with Crippen molar-refractivity contribution in [2.75, 3.05) is 20.6 Å². The lowest BCUT2D eigenvalue weighted by Crippen LogP contribution is -2.40. The fraction of sp³-hybridized carbons (Fsp3) is 0.304. The monoisotopic (exact) mass is 402 g/mol. The Hall–Kier alpha value is -3.48. The highest BCUT2D eigenvalue weighted by Crippen LogP contribution is 2.24. The molecule has 7 heteroatoms. The first kappa shape index (κ1) is 19.8. The van der Waals surface area contributed by atoms with Gasteiger partial charge in [-0.2, -0.15) is 4.52 Å².